The van der Waals surface area contributed by atoms with Gasteiger partial charge in [0, 0.05) is 39.2 Å². The van der Waals surface area contributed by atoms with Gasteiger partial charge in [-0.05, 0) is 48.7 Å². The normalized spacial score (nSPS) is 14.1. The molecule has 0 unspecified atom stereocenters. The molecule has 97 heavy (non-hydrogen) atoms. The molecule has 1 saturated carbocycles. The highest BCUT2D eigenvalue weighted by molar-refractivity contribution is 8.13. The van der Waals surface area contributed by atoms with E-state index in [4.69, 9.17) is 58.5 Å². The number of carboxylic acid groups (broad SMARTS) is 1. The number of nitrogens with one attached hydrogen (secondary N) is 7. The SMILES string of the molecule is C#CCOCCOCCOCCOCCNC(=O)[C@@H](CC)S(=O)(=O)O.CN[C@@H](CO)C(=O)OC.CN[C@@H](COC)C(=O)OC.CN[C@@H](CS(=O)(=O)O)C(=O)O.CN[C@@H](CS(=O)(=O)O)C(=O)OC.CN[C@@H](CS(=O)(=O)O)C(=O)OC1C(=O)CCC1=O.CN[C@@H](CSC(C)=O)C(=O)OC. The maximum absolute atomic E-state index is 11.6. The molecular formula is C51H97N7O34S5. The van der Waals surface area contributed by atoms with Crippen LogP contribution < -0.4 is 37.2 Å². The summed E-state index contributed by atoms with van der Waals surface area (Å²) in [5, 5.41) is 32.7. The van der Waals surface area contributed by atoms with Crippen molar-refractivity contribution < 1.29 is 157 Å². The van der Waals surface area contributed by atoms with E-state index in [1.807, 2.05) is 0 Å². The molecule has 0 radical (unpaired) electrons. The zero-order chi connectivity index (χ0) is 76.6. The summed E-state index contributed by atoms with van der Waals surface area (Å²) in [6, 6.07) is -4.95. The molecule has 0 aromatic carbocycles. The number of aliphatic carboxylic acids is 1. The van der Waals surface area contributed by atoms with Crippen LogP contribution in [0.5, 0.6) is 0 Å². The zero-order valence-corrected chi connectivity index (χ0v) is 60.2. The highest BCUT2D eigenvalue weighted by Gasteiger charge is 2.38. The number of likely N-dealkylation sites (N-methyl/N-ethyl adjacent to an activating group) is 6. The topological polar surface area (TPSA) is 605 Å². The monoisotopic (exact) mass is 1510 g/mol. The molecule has 1 aliphatic carbocycles. The lowest BCUT2D eigenvalue weighted by molar-refractivity contribution is -0.158. The van der Waals surface area contributed by atoms with Gasteiger partial charge in [-0.3, -0.25) is 66.2 Å². The standard InChI is InChI=1S/C15H27NO8S.C9H13NO7S.C7H13NO3S.C6H13NO3.C5H11NO5S.C5H11NO3.C4H9NO5S/c1-3-6-21-8-10-23-12-13-24-11-9-22-7-5-16-15(17)14(4-2)25(18,19)20;1-10-5(4-18(14,15)16)9(13)17-8-6(11)2-3-7(8)12;1-5(9)12-4-6(8-2)7(10)11-3;1-7-5(4-9-2)6(8)10-3;1-6-4(5(7)11-2)3-12(8,9)10;1-6-4(3-7)5(8)9-2;1-5-3(4(6)7)2-11(8,9)10/h1,14H,4-13H2,2H3,(H,16,17)(H,18,19,20);5,8,10H,2-4H2,1H3,(H,14,15,16);6,8H,4H2,1-3H3;5,7H,4H2,1-3H3;4,6H,3H2,1-2H3,(H,8,9,10);4,6-7H,3H2,1-2H3;3,5H,2H2,1H3,(H,6,7)(H,8,9,10)/t14-;5-;6-;5-;2*4-;3-/m1000000/s1. The van der Waals surface area contributed by atoms with Gasteiger partial charge in [-0.25, -0.2) is 0 Å². The Labute approximate surface area is 569 Å². The van der Waals surface area contributed by atoms with Gasteiger partial charge in [-0.1, -0.05) is 24.6 Å². The molecule has 0 heterocycles. The van der Waals surface area contributed by atoms with E-state index in [1.54, 1.807) is 21.1 Å². The Bertz CT molecular complexity index is 2780. The molecule has 570 valence electrons. The van der Waals surface area contributed by atoms with Crippen molar-refractivity contribution in [2.24, 2.45) is 0 Å². The van der Waals surface area contributed by atoms with Crippen molar-refractivity contribution in [3.05, 3.63) is 0 Å². The number of carbonyl (C=O) groups is 10. The van der Waals surface area contributed by atoms with Crippen molar-refractivity contribution in [3.8, 4) is 12.3 Å². The molecular weight excluding hydrogens is 1410 g/mol. The highest BCUT2D eigenvalue weighted by atomic mass is 32.2. The van der Waals surface area contributed by atoms with E-state index in [0.29, 0.717) is 52.0 Å². The van der Waals surface area contributed by atoms with E-state index in [2.05, 4.69) is 66.8 Å². The number of esters is 5. The van der Waals surface area contributed by atoms with Crippen molar-refractivity contribution in [3.63, 3.8) is 0 Å². The van der Waals surface area contributed by atoms with Crippen molar-refractivity contribution >= 4 is 111 Å². The first-order valence-electron chi connectivity index (χ1n) is 28.0. The number of hydrogen-bond acceptors (Lipinski definition) is 36. The van der Waals surface area contributed by atoms with Crippen molar-refractivity contribution in [2.45, 2.75) is 80.7 Å². The van der Waals surface area contributed by atoms with Gasteiger partial charge in [0.15, 0.2) is 21.9 Å². The summed E-state index contributed by atoms with van der Waals surface area (Å²) in [6.07, 6.45) is 3.59. The van der Waals surface area contributed by atoms with Gasteiger partial charge in [0.05, 0.1) is 87.9 Å². The number of amides is 1. The Morgan fingerprint density at radius 1 is 0.546 bits per heavy atom. The molecule has 0 bridgehead atoms. The van der Waals surface area contributed by atoms with Gasteiger partial charge >= 0.3 is 35.8 Å². The summed E-state index contributed by atoms with van der Waals surface area (Å²) < 4.78 is 166. The second-order valence-corrected chi connectivity index (χ2v) is 25.5. The minimum absolute atomic E-state index is 0.000784. The number of methoxy groups -OCH3 is 5. The number of carbonyl (C=O) groups excluding carboxylic acids is 9. The quantitative estimate of drug-likeness (QED) is 0.00677. The second kappa shape index (κ2) is 60.3. The van der Waals surface area contributed by atoms with Crippen LogP contribution in [0.15, 0.2) is 0 Å². The fourth-order valence-corrected chi connectivity index (χ4v) is 9.56. The summed E-state index contributed by atoms with van der Waals surface area (Å²) in [6.45, 7) is 6.13. The predicted molar refractivity (Wildman–Crippen MR) is 344 cm³/mol. The van der Waals surface area contributed by atoms with Crippen LogP contribution in [0.1, 0.15) is 33.1 Å². The fourth-order valence-electron chi connectivity index (χ4n) is 5.91. The minimum Gasteiger partial charge on any atom is -0.480 e. The van der Waals surface area contributed by atoms with E-state index in [0.717, 1.165) is 18.9 Å². The lowest BCUT2D eigenvalue weighted by Crippen LogP contribution is -2.44. The molecule has 41 nitrogen and oxygen atoms in total. The highest BCUT2D eigenvalue weighted by Crippen LogP contribution is 2.15. The number of terminal acetylenes is 1. The molecule has 7 atom stereocenters. The number of Topliss-reactive ketones (excluding diaryl/α,β-unsaturated/α-hetero) is 2. The third-order valence-corrected chi connectivity index (χ3v) is 15.5. The van der Waals surface area contributed by atoms with Crippen LogP contribution in [0.25, 0.3) is 0 Å². The molecule has 0 aliphatic heterocycles. The molecule has 1 amide bonds. The number of ether oxygens (including phenoxy) is 10. The Balaban J connectivity index is -0.000000257. The molecule has 1 rings (SSSR count). The molecule has 46 heteroatoms. The van der Waals surface area contributed by atoms with Crippen molar-refractivity contribution in [2.75, 3.05) is 173 Å². The molecule has 1 fully saturated rings. The number of hydrogen-bond donors (Lipinski definition) is 13. The first-order valence-corrected chi connectivity index (χ1v) is 35.3. The summed E-state index contributed by atoms with van der Waals surface area (Å²) in [4.78, 5) is 109. The third-order valence-electron chi connectivity index (χ3n) is 11.0. The largest absolute Gasteiger partial charge is 0.480 e. The van der Waals surface area contributed by atoms with Crippen LogP contribution in [-0.2, 0) is 136 Å². The first-order chi connectivity index (χ1) is 45.1. The molecule has 0 aromatic heterocycles. The average Bonchev–Trinajstić information content (AvgIpc) is 1.81. The number of rotatable bonds is 40. The zero-order valence-electron chi connectivity index (χ0n) is 56.1. The summed E-state index contributed by atoms with van der Waals surface area (Å²) in [5.74, 6) is -5.58. The smallest absolute Gasteiger partial charge is 0.325 e. The lowest BCUT2D eigenvalue weighted by Gasteiger charge is -2.16. The number of aliphatic hydroxyl groups excluding tert-OH is 1. The predicted octanol–water partition coefficient (Wildman–Crippen LogP) is -6.88. The van der Waals surface area contributed by atoms with Crippen LogP contribution in [0.2, 0.25) is 0 Å². The number of thioether (sulfide) groups is 1. The first kappa shape index (κ1) is 102. The molecule has 0 saturated heterocycles. The fraction of sp³-hybridized carbons (Fsp3) is 0.765. The Hall–Kier alpha value is -5.63. The lowest BCUT2D eigenvalue weighted by atomic mass is 10.2. The van der Waals surface area contributed by atoms with Crippen LogP contribution >= 0.6 is 11.8 Å². The van der Waals surface area contributed by atoms with Gasteiger partial charge in [-0.15, -0.1) is 6.42 Å². The molecule has 0 spiro atoms. The average molecular weight is 1510 g/mol. The second-order valence-electron chi connectivity index (χ2n) is 18.2. The van der Waals surface area contributed by atoms with Crippen LogP contribution in [0, 0.1) is 12.3 Å². The van der Waals surface area contributed by atoms with Gasteiger partial charge in [0.25, 0.3) is 40.5 Å². The van der Waals surface area contributed by atoms with E-state index in [-0.39, 0.29) is 68.7 Å². The maximum Gasteiger partial charge on any atom is 0.325 e. The third kappa shape index (κ3) is 60.1. The maximum atomic E-state index is 11.6. The number of carboxylic acids is 1. The van der Waals surface area contributed by atoms with Gasteiger partial charge in [0.2, 0.25) is 12.0 Å². The minimum atomic E-state index is -4.38. The Kier molecular flexibility index (Phi) is 63.7. The summed E-state index contributed by atoms with van der Waals surface area (Å²) in [7, 11) is -1.62. The Morgan fingerprint density at radius 3 is 1.20 bits per heavy atom. The van der Waals surface area contributed by atoms with E-state index < -0.39 is 141 Å². The van der Waals surface area contributed by atoms with Gasteiger partial charge in [-0.2, -0.15) is 33.7 Å². The van der Waals surface area contributed by atoms with Gasteiger partial charge < -0.3 is 94.8 Å². The van der Waals surface area contributed by atoms with Gasteiger partial charge in [0.1, 0.15) is 60.1 Å². The Morgan fingerprint density at radius 2 is 0.897 bits per heavy atom. The van der Waals surface area contributed by atoms with E-state index >= 15 is 0 Å². The number of ketones is 2. The van der Waals surface area contributed by atoms with E-state index in [9.17, 15) is 81.6 Å². The summed E-state index contributed by atoms with van der Waals surface area (Å²) >= 11 is 1.11. The summed E-state index contributed by atoms with van der Waals surface area (Å²) in [5.41, 5.74) is 0. The van der Waals surface area contributed by atoms with Crippen LogP contribution in [-0.4, -0.2) is 342 Å². The van der Waals surface area contributed by atoms with Crippen molar-refractivity contribution in [1.82, 2.24) is 37.2 Å². The number of aliphatic hydroxyl groups is 1. The molecule has 1 aliphatic rings. The van der Waals surface area contributed by atoms with Crippen LogP contribution in [0.4, 0.5) is 0 Å². The molecule has 0 aromatic rings. The van der Waals surface area contributed by atoms with Crippen molar-refractivity contribution in [1.29, 1.82) is 0 Å². The van der Waals surface area contributed by atoms with E-state index in [1.165, 1.54) is 63.4 Å². The van der Waals surface area contributed by atoms with Crippen LogP contribution in [0.3, 0.4) is 0 Å². The molecule has 13 N–H and O–H groups in total.